The second-order valence-corrected chi connectivity index (χ2v) is 5.43. The summed E-state index contributed by atoms with van der Waals surface area (Å²) in [4.78, 5) is 6.09. The van der Waals surface area contributed by atoms with Gasteiger partial charge in [0.15, 0.2) is 0 Å². The molecule has 0 bridgehead atoms. The Kier molecular flexibility index (Phi) is 2.54. The quantitative estimate of drug-likeness (QED) is 0.764. The lowest BCUT2D eigenvalue weighted by Crippen LogP contribution is -2.36. The first-order valence-corrected chi connectivity index (χ1v) is 6.27. The number of alkyl halides is 3. The predicted octanol–water partition coefficient (Wildman–Crippen LogP) is 3.48. The van der Waals surface area contributed by atoms with Crippen LogP contribution in [0.2, 0.25) is 0 Å². The minimum atomic E-state index is -4.30. The third-order valence-corrected chi connectivity index (χ3v) is 4.02. The van der Waals surface area contributed by atoms with Crippen LogP contribution in [0.5, 0.6) is 0 Å². The molecule has 18 heavy (non-hydrogen) atoms. The van der Waals surface area contributed by atoms with Crippen molar-refractivity contribution in [3.8, 4) is 0 Å². The van der Waals surface area contributed by atoms with E-state index in [0.29, 0.717) is 11.2 Å². The molecule has 3 rings (SSSR count). The lowest BCUT2D eigenvalue weighted by atomic mass is 9.95. The Balaban J connectivity index is 1.76. The fourth-order valence-electron chi connectivity index (χ4n) is 2.73. The van der Waals surface area contributed by atoms with Gasteiger partial charge in [-0.3, -0.25) is 0 Å². The molecule has 0 atom stereocenters. The number of hydrogen-bond acceptors (Lipinski definition) is 2. The van der Waals surface area contributed by atoms with Crippen LogP contribution in [-0.2, 0) is 6.18 Å². The lowest BCUT2D eigenvalue weighted by molar-refractivity contribution is -0.137. The molecule has 0 N–H and O–H groups in total. The van der Waals surface area contributed by atoms with Gasteiger partial charge in [0.2, 0.25) is 0 Å². The van der Waals surface area contributed by atoms with E-state index in [1.54, 1.807) is 0 Å². The van der Waals surface area contributed by atoms with Gasteiger partial charge in [-0.15, -0.1) is 0 Å². The van der Waals surface area contributed by atoms with Crippen molar-refractivity contribution < 1.29 is 13.2 Å². The Morgan fingerprint density at radius 2 is 1.94 bits per heavy atom. The molecule has 1 saturated heterocycles. The predicted molar refractivity (Wildman–Crippen MR) is 62.4 cm³/mol. The van der Waals surface area contributed by atoms with E-state index in [1.165, 1.54) is 25.3 Å². The average Bonchev–Trinajstić information content (AvgIpc) is 3.08. The van der Waals surface area contributed by atoms with E-state index in [0.717, 1.165) is 31.8 Å². The van der Waals surface area contributed by atoms with Crippen molar-refractivity contribution in [1.29, 1.82) is 0 Å². The van der Waals surface area contributed by atoms with Crippen molar-refractivity contribution in [2.24, 2.45) is 5.41 Å². The molecular formula is C13H15F3N2. The van der Waals surface area contributed by atoms with Crippen molar-refractivity contribution in [2.45, 2.75) is 31.9 Å². The summed E-state index contributed by atoms with van der Waals surface area (Å²) in [7, 11) is 0. The lowest BCUT2D eigenvalue weighted by Gasteiger charge is -2.33. The molecule has 0 unspecified atom stereocenters. The normalized spacial score (nSPS) is 22.3. The third-order valence-electron chi connectivity index (χ3n) is 4.02. The van der Waals surface area contributed by atoms with Gasteiger partial charge in [-0.25, -0.2) is 4.98 Å². The number of pyridine rings is 1. The average molecular weight is 256 g/mol. The van der Waals surface area contributed by atoms with Gasteiger partial charge in [0.1, 0.15) is 5.82 Å². The minimum Gasteiger partial charge on any atom is -0.356 e. The van der Waals surface area contributed by atoms with Gasteiger partial charge < -0.3 is 4.90 Å². The van der Waals surface area contributed by atoms with E-state index in [-0.39, 0.29) is 0 Å². The molecule has 2 heterocycles. The molecule has 1 saturated carbocycles. The van der Waals surface area contributed by atoms with Crippen molar-refractivity contribution >= 4 is 5.82 Å². The SMILES string of the molecule is FC(F)(F)c1ccc(N2CCCC3(CC3)C2)nc1. The van der Waals surface area contributed by atoms with Crippen LogP contribution in [0.15, 0.2) is 18.3 Å². The Bertz CT molecular complexity index is 435. The van der Waals surface area contributed by atoms with Crippen molar-refractivity contribution in [3.05, 3.63) is 23.9 Å². The second kappa shape index (κ2) is 3.87. The van der Waals surface area contributed by atoms with Crippen LogP contribution >= 0.6 is 0 Å². The summed E-state index contributed by atoms with van der Waals surface area (Å²) in [6, 6.07) is 2.61. The van der Waals surface area contributed by atoms with Gasteiger partial charge in [0.25, 0.3) is 0 Å². The van der Waals surface area contributed by atoms with Gasteiger partial charge in [0, 0.05) is 19.3 Å². The molecule has 1 spiro atoms. The Morgan fingerprint density at radius 1 is 1.17 bits per heavy atom. The highest BCUT2D eigenvalue weighted by atomic mass is 19.4. The first-order chi connectivity index (χ1) is 8.49. The zero-order valence-corrected chi connectivity index (χ0v) is 10.0. The summed E-state index contributed by atoms with van der Waals surface area (Å²) >= 11 is 0. The van der Waals surface area contributed by atoms with Crippen molar-refractivity contribution in [1.82, 2.24) is 4.98 Å². The molecule has 0 radical (unpaired) electrons. The fraction of sp³-hybridized carbons (Fsp3) is 0.615. The fourth-order valence-corrected chi connectivity index (χ4v) is 2.73. The first kappa shape index (κ1) is 11.8. The summed E-state index contributed by atoms with van der Waals surface area (Å²) < 4.78 is 37.3. The van der Waals surface area contributed by atoms with Crippen LogP contribution in [0, 0.1) is 5.41 Å². The molecule has 98 valence electrons. The maximum atomic E-state index is 12.4. The molecule has 2 aliphatic rings. The zero-order chi connectivity index (χ0) is 12.8. The van der Waals surface area contributed by atoms with E-state index < -0.39 is 11.7 Å². The van der Waals surface area contributed by atoms with Crippen LogP contribution in [0.4, 0.5) is 19.0 Å². The maximum Gasteiger partial charge on any atom is 0.417 e. The van der Waals surface area contributed by atoms with Crippen LogP contribution in [-0.4, -0.2) is 18.1 Å². The van der Waals surface area contributed by atoms with Crippen LogP contribution < -0.4 is 4.90 Å². The number of anilines is 1. The number of aromatic nitrogens is 1. The van der Waals surface area contributed by atoms with Crippen LogP contribution in [0.1, 0.15) is 31.2 Å². The smallest absolute Gasteiger partial charge is 0.356 e. The number of piperidine rings is 1. The molecular weight excluding hydrogens is 241 g/mol. The molecule has 5 heteroatoms. The molecule has 0 amide bonds. The van der Waals surface area contributed by atoms with Gasteiger partial charge in [-0.1, -0.05) is 0 Å². The largest absolute Gasteiger partial charge is 0.417 e. The number of rotatable bonds is 1. The monoisotopic (exact) mass is 256 g/mol. The molecule has 1 aliphatic heterocycles. The Labute approximate surface area is 104 Å². The van der Waals surface area contributed by atoms with E-state index in [4.69, 9.17) is 0 Å². The van der Waals surface area contributed by atoms with Crippen LogP contribution in [0.3, 0.4) is 0 Å². The highest BCUT2D eigenvalue weighted by Crippen LogP contribution is 2.52. The Hall–Kier alpha value is -1.26. The number of hydrogen-bond donors (Lipinski definition) is 0. The van der Waals surface area contributed by atoms with E-state index in [9.17, 15) is 13.2 Å². The highest BCUT2D eigenvalue weighted by Gasteiger charge is 2.45. The second-order valence-electron chi connectivity index (χ2n) is 5.43. The standard InChI is InChI=1S/C13H15F3N2/c14-13(15,16)10-2-3-11(17-8-10)18-7-1-4-12(9-18)5-6-12/h2-3,8H,1,4-7,9H2. The van der Waals surface area contributed by atoms with E-state index in [2.05, 4.69) is 9.88 Å². The minimum absolute atomic E-state index is 0.447. The van der Waals surface area contributed by atoms with Gasteiger partial charge in [0.05, 0.1) is 5.56 Å². The zero-order valence-electron chi connectivity index (χ0n) is 10.0. The van der Waals surface area contributed by atoms with Gasteiger partial charge in [-0.2, -0.15) is 13.2 Å². The van der Waals surface area contributed by atoms with E-state index >= 15 is 0 Å². The Morgan fingerprint density at radius 3 is 2.50 bits per heavy atom. The summed E-state index contributed by atoms with van der Waals surface area (Å²) in [6.45, 7) is 1.85. The summed E-state index contributed by atoms with van der Waals surface area (Å²) in [6.07, 6.45) is 1.51. The summed E-state index contributed by atoms with van der Waals surface area (Å²) in [5.74, 6) is 0.675. The third kappa shape index (κ3) is 2.18. The molecule has 1 aliphatic carbocycles. The van der Waals surface area contributed by atoms with Gasteiger partial charge in [-0.05, 0) is 43.2 Å². The molecule has 2 fully saturated rings. The van der Waals surface area contributed by atoms with Crippen LogP contribution in [0.25, 0.3) is 0 Å². The summed E-state index contributed by atoms with van der Waals surface area (Å²) in [5, 5.41) is 0. The molecule has 1 aromatic heterocycles. The first-order valence-electron chi connectivity index (χ1n) is 6.27. The highest BCUT2D eigenvalue weighted by molar-refractivity contribution is 5.41. The molecule has 2 nitrogen and oxygen atoms in total. The topological polar surface area (TPSA) is 16.1 Å². The molecule has 0 aromatic carbocycles. The van der Waals surface area contributed by atoms with E-state index in [1.807, 2.05) is 0 Å². The summed E-state index contributed by atoms with van der Waals surface area (Å²) in [5.41, 5.74) is -0.229. The van der Waals surface area contributed by atoms with Gasteiger partial charge >= 0.3 is 6.18 Å². The van der Waals surface area contributed by atoms with Crippen molar-refractivity contribution in [2.75, 3.05) is 18.0 Å². The number of halogens is 3. The molecule has 1 aromatic rings. The number of nitrogens with zero attached hydrogens (tertiary/aromatic N) is 2. The van der Waals surface area contributed by atoms with Crippen molar-refractivity contribution in [3.63, 3.8) is 0 Å². The maximum absolute atomic E-state index is 12.4.